The Morgan fingerprint density at radius 1 is 1.21 bits per heavy atom. The molecule has 0 fully saturated rings. The molecule has 4 nitrogen and oxygen atoms in total. The van der Waals surface area contributed by atoms with Gasteiger partial charge in [0.05, 0.1) is 5.92 Å². The molecule has 0 bridgehead atoms. The Balaban J connectivity index is 2.60. The SMILES string of the molecule is O=C(O)C(CNC(=O)C(F)(F)F)Cc1ccccc1. The number of hydrogen-bond acceptors (Lipinski definition) is 2. The van der Waals surface area contributed by atoms with Crippen LogP contribution >= 0.6 is 0 Å². The van der Waals surface area contributed by atoms with E-state index in [1.807, 2.05) is 0 Å². The van der Waals surface area contributed by atoms with Crippen molar-refractivity contribution >= 4 is 11.9 Å². The van der Waals surface area contributed by atoms with Crippen molar-refractivity contribution in [2.45, 2.75) is 12.6 Å². The first-order valence-electron chi connectivity index (χ1n) is 5.42. The molecule has 0 aliphatic carbocycles. The van der Waals surface area contributed by atoms with Crippen LogP contribution in [0.3, 0.4) is 0 Å². The van der Waals surface area contributed by atoms with Crippen LogP contribution in [0.15, 0.2) is 30.3 Å². The molecule has 104 valence electrons. The summed E-state index contributed by atoms with van der Waals surface area (Å²) in [7, 11) is 0. The van der Waals surface area contributed by atoms with Gasteiger partial charge in [0.1, 0.15) is 0 Å². The number of carbonyl (C=O) groups excluding carboxylic acids is 1. The van der Waals surface area contributed by atoms with Gasteiger partial charge in [0.15, 0.2) is 0 Å². The number of carboxylic acids is 1. The molecule has 1 amide bonds. The average Bonchev–Trinajstić information content (AvgIpc) is 2.33. The van der Waals surface area contributed by atoms with Gasteiger partial charge < -0.3 is 10.4 Å². The number of carbonyl (C=O) groups is 2. The van der Waals surface area contributed by atoms with Crippen LogP contribution in [0, 0.1) is 5.92 Å². The number of hydrogen-bond donors (Lipinski definition) is 2. The van der Waals surface area contributed by atoms with Gasteiger partial charge in [-0.3, -0.25) is 9.59 Å². The molecule has 2 N–H and O–H groups in total. The van der Waals surface area contributed by atoms with Gasteiger partial charge in [0.25, 0.3) is 0 Å². The fourth-order valence-corrected chi connectivity index (χ4v) is 1.46. The molecule has 0 radical (unpaired) electrons. The van der Waals surface area contributed by atoms with Crippen molar-refractivity contribution < 1.29 is 27.9 Å². The van der Waals surface area contributed by atoms with E-state index in [-0.39, 0.29) is 6.42 Å². The van der Waals surface area contributed by atoms with Gasteiger partial charge >= 0.3 is 18.1 Å². The van der Waals surface area contributed by atoms with Gasteiger partial charge in [-0.2, -0.15) is 13.2 Å². The maximum atomic E-state index is 12.0. The summed E-state index contributed by atoms with van der Waals surface area (Å²) < 4.78 is 35.9. The van der Waals surface area contributed by atoms with Crippen LogP contribution in [-0.2, 0) is 16.0 Å². The quantitative estimate of drug-likeness (QED) is 0.858. The summed E-state index contributed by atoms with van der Waals surface area (Å²) in [6.07, 6.45) is -4.95. The lowest BCUT2D eigenvalue weighted by Crippen LogP contribution is -2.41. The van der Waals surface area contributed by atoms with E-state index in [1.165, 1.54) is 0 Å². The molecule has 1 unspecified atom stereocenters. The van der Waals surface area contributed by atoms with Crippen molar-refractivity contribution in [3.63, 3.8) is 0 Å². The lowest BCUT2D eigenvalue weighted by molar-refractivity contribution is -0.174. The summed E-state index contributed by atoms with van der Waals surface area (Å²) >= 11 is 0. The van der Waals surface area contributed by atoms with Crippen molar-refractivity contribution in [2.75, 3.05) is 6.54 Å². The van der Waals surface area contributed by atoms with Crippen LogP contribution in [0.25, 0.3) is 0 Å². The fraction of sp³-hybridized carbons (Fsp3) is 0.333. The van der Waals surface area contributed by atoms with E-state index in [1.54, 1.807) is 35.6 Å². The molecule has 0 spiro atoms. The number of alkyl halides is 3. The maximum Gasteiger partial charge on any atom is 0.471 e. The number of nitrogens with one attached hydrogen (secondary N) is 1. The van der Waals surface area contributed by atoms with Gasteiger partial charge in [-0.15, -0.1) is 0 Å². The van der Waals surface area contributed by atoms with Gasteiger partial charge in [-0.05, 0) is 12.0 Å². The van der Waals surface area contributed by atoms with Crippen molar-refractivity contribution in [3.05, 3.63) is 35.9 Å². The molecule has 0 heterocycles. The Morgan fingerprint density at radius 2 is 1.79 bits per heavy atom. The molecule has 0 aliphatic rings. The summed E-state index contributed by atoms with van der Waals surface area (Å²) in [4.78, 5) is 21.5. The Bertz CT molecular complexity index is 445. The third-order valence-corrected chi connectivity index (χ3v) is 2.44. The number of carboxylic acid groups (broad SMARTS) is 1. The first-order chi connectivity index (χ1) is 8.80. The van der Waals surface area contributed by atoms with Crippen LogP contribution in [0.4, 0.5) is 13.2 Å². The molecule has 0 saturated carbocycles. The average molecular weight is 275 g/mol. The number of aliphatic carboxylic acids is 1. The second kappa shape index (κ2) is 6.21. The summed E-state index contributed by atoms with van der Waals surface area (Å²) in [5.41, 5.74) is 0.677. The number of halogens is 3. The van der Waals surface area contributed by atoms with Crippen molar-refractivity contribution in [2.24, 2.45) is 5.92 Å². The Kier molecular flexibility index (Phi) is 4.91. The zero-order valence-electron chi connectivity index (χ0n) is 9.78. The first kappa shape index (κ1) is 15.0. The van der Waals surface area contributed by atoms with Gasteiger partial charge in [-0.1, -0.05) is 30.3 Å². The van der Waals surface area contributed by atoms with Crippen LogP contribution in [-0.4, -0.2) is 29.7 Å². The van der Waals surface area contributed by atoms with E-state index in [0.29, 0.717) is 5.56 Å². The summed E-state index contributed by atoms with van der Waals surface area (Å²) in [5.74, 6) is -4.49. The Morgan fingerprint density at radius 3 is 2.26 bits per heavy atom. The second-order valence-electron chi connectivity index (χ2n) is 3.93. The Labute approximate surface area is 107 Å². The zero-order chi connectivity index (χ0) is 14.5. The summed E-state index contributed by atoms with van der Waals surface area (Å²) in [5, 5.41) is 10.5. The minimum absolute atomic E-state index is 0.0499. The number of rotatable bonds is 5. The minimum atomic E-state index is -5.00. The fourth-order valence-electron chi connectivity index (χ4n) is 1.46. The van der Waals surface area contributed by atoms with E-state index in [2.05, 4.69) is 0 Å². The minimum Gasteiger partial charge on any atom is -0.481 e. The van der Waals surface area contributed by atoms with Crippen LogP contribution in [0.1, 0.15) is 5.56 Å². The third-order valence-electron chi connectivity index (χ3n) is 2.44. The lowest BCUT2D eigenvalue weighted by atomic mass is 9.99. The highest BCUT2D eigenvalue weighted by molar-refractivity contribution is 5.82. The molecule has 0 aliphatic heterocycles. The van der Waals surface area contributed by atoms with Crippen LogP contribution in [0.2, 0.25) is 0 Å². The highest BCUT2D eigenvalue weighted by Crippen LogP contribution is 2.15. The zero-order valence-corrected chi connectivity index (χ0v) is 9.78. The van der Waals surface area contributed by atoms with Gasteiger partial charge in [0.2, 0.25) is 0 Å². The predicted octanol–water partition coefficient (Wildman–Crippen LogP) is 1.61. The monoisotopic (exact) mass is 275 g/mol. The van der Waals surface area contributed by atoms with E-state index < -0.39 is 30.5 Å². The Hall–Kier alpha value is -2.05. The molecule has 1 aromatic carbocycles. The lowest BCUT2D eigenvalue weighted by Gasteiger charge is -2.14. The molecule has 0 aromatic heterocycles. The van der Waals surface area contributed by atoms with Crippen molar-refractivity contribution in [1.82, 2.24) is 5.32 Å². The molecule has 0 saturated heterocycles. The van der Waals surface area contributed by atoms with Crippen LogP contribution in [0.5, 0.6) is 0 Å². The van der Waals surface area contributed by atoms with E-state index in [0.717, 1.165) is 0 Å². The standard InChI is InChI=1S/C12H12F3NO3/c13-12(14,15)11(19)16-7-9(10(17)18)6-8-4-2-1-3-5-8/h1-5,9H,6-7H2,(H,16,19)(H,17,18). The smallest absolute Gasteiger partial charge is 0.471 e. The molecule has 1 atom stereocenters. The maximum absolute atomic E-state index is 12.0. The number of benzene rings is 1. The largest absolute Gasteiger partial charge is 0.481 e. The molecular weight excluding hydrogens is 263 g/mol. The van der Waals surface area contributed by atoms with Gasteiger partial charge in [-0.25, -0.2) is 0 Å². The highest BCUT2D eigenvalue weighted by atomic mass is 19.4. The van der Waals surface area contributed by atoms with Crippen molar-refractivity contribution in [3.8, 4) is 0 Å². The van der Waals surface area contributed by atoms with Crippen LogP contribution < -0.4 is 5.32 Å². The van der Waals surface area contributed by atoms with Gasteiger partial charge in [0, 0.05) is 6.54 Å². The predicted molar refractivity (Wildman–Crippen MR) is 60.3 cm³/mol. The molecule has 7 heteroatoms. The normalized spacial score (nSPS) is 12.8. The third kappa shape index (κ3) is 4.99. The molecular formula is C12H12F3NO3. The van der Waals surface area contributed by atoms with E-state index in [9.17, 15) is 22.8 Å². The van der Waals surface area contributed by atoms with Crippen molar-refractivity contribution in [1.29, 1.82) is 0 Å². The molecule has 1 rings (SSSR count). The first-order valence-corrected chi connectivity index (χ1v) is 5.42. The van der Waals surface area contributed by atoms with E-state index >= 15 is 0 Å². The second-order valence-corrected chi connectivity index (χ2v) is 3.93. The number of amides is 1. The topological polar surface area (TPSA) is 66.4 Å². The van der Waals surface area contributed by atoms with E-state index in [4.69, 9.17) is 5.11 Å². The molecule has 1 aromatic rings. The molecule has 19 heavy (non-hydrogen) atoms. The highest BCUT2D eigenvalue weighted by Gasteiger charge is 2.38. The summed E-state index contributed by atoms with van der Waals surface area (Å²) in [6.45, 7) is -0.567. The summed E-state index contributed by atoms with van der Waals surface area (Å²) in [6, 6.07) is 8.47.